The van der Waals surface area contributed by atoms with Gasteiger partial charge in [0, 0.05) is 0 Å². The van der Waals surface area contributed by atoms with E-state index in [4.69, 9.17) is 8.83 Å². The van der Waals surface area contributed by atoms with E-state index in [0.717, 1.165) is 0 Å². The van der Waals surface area contributed by atoms with E-state index in [1.165, 1.54) is 13.8 Å². The van der Waals surface area contributed by atoms with Gasteiger partial charge in [-0.25, -0.2) is 0 Å². The van der Waals surface area contributed by atoms with Crippen LogP contribution in [-0.2, 0) is 11.2 Å². The molecule has 0 radical (unpaired) electrons. The summed E-state index contributed by atoms with van der Waals surface area (Å²) >= 11 is 0. The number of rotatable bonds is 3. The van der Waals surface area contributed by atoms with Gasteiger partial charge >= 0.3 is 0 Å². The summed E-state index contributed by atoms with van der Waals surface area (Å²) in [4.78, 5) is 0. The fourth-order valence-corrected chi connectivity index (χ4v) is 1.87. The predicted molar refractivity (Wildman–Crippen MR) is 66.0 cm³/mol. The lowest BCUT2D eigenvalue weighted by atomic mass is 9.82. The van der Waals surface area contributed by atoms with Gasteiger partial charge < -0.3 is 19.0 Å². The van der Waals surface area contributed by atoms with Crippen molar-refractivity contribution in [1.29, 1.82) is 0 Å². The Morgan fingerprint density at radius 3 is 1.33 bits per heavy atom. The molecule has 0 fully saturated rings. The minimum absolute atomic E-state index is 0.305. The van der Waals surface area contributed by atoms with Crippen molar-refractivity contribution >= 4 is 0 Å². The van der Waals surface area contributed by atoms with Crippen LogP contribution < -0.4 is 0 Å². The third-order valence-corrected chi connectivity index (χ3v) is 3.39. The van der Waals surface area contributed by atoms with Crippen molar-refractivity contribution in [2.24, 2.45) is 0 Å². The number of hydrogen-bond acceptors (Lipinski definition) is 4. The van der Waals surface area contributed by atoms with Crippen molar-refractivity contribution < 1.29 is 19.0 Å². The number of hydrogen-bond donors (Lipinski definition) is 2. The average molecular weight is 250 g/mol. The molecular weight excluding hydrogens is 232 g/mol. The lowest BCUT2D eigenvalue weighted by molar-refractivity contribution is -0.163. The fourth-order valence-electron chi connectivity index (χ4n) is 1.87. The van der Waals surface area contributed by atoms with Crippen molar-refractivity contribution in [3.8, 4) is 0 Å². The van der Waals surface area contributed by atoms with Gasteiger partial charge in [0.25, 0.3) is 0 Å². The molecular formula is C14H18O4. The lowest BCUT2D eigenvalue weighted by Crippen LogP contribution is -2.44. The molecule has 2 aromatic heterocycles. The highest BCUT2D eigenvalue weighted by molar-refractivity contribution is 5.23. The summed E-state index contributed by atoms with van der Waals surface area (Å²) in [5.74, 6) is 1.96. The predicted octanol–water partition coefficient (Wildman–Crippen LogP) is 2.60. The summed E-state index contributed by atoms with van der Waals surface area (Å²) in [6, 6.07) is 6.79. The maximum absolute atomic E-state index is 10.6. The Bertz CT molecular complexity index is 495. The van der Waals surface area contributed by atoms with E-state index in [-0.39, 0.29) is 0 Å². The van der Waals surface area contributed by atoms with Crippen LogP contribution in [0.1, 0.15) is 36.9 Å². The van der Waals surface area contributed by atoms with Gasteiger partial charge in [0.05, 0.1) is 0 Å². The van der Waals surface area contributed by atoms with E-state index in [2.05, 4.69) is 0 Å². The largest absolute Gasteiger partial charge is 0.463 e. The molecule has 2 unspecified atom stereocenters. The smallest absolute Gasteiger partial charge is 0.155 e. The second kappa shape index (κ2) is 4.00. The van der Waals surface area contributed by atoms with E-state index in [9.17, 15) is 10.2 Å². The van der Waals surface area contributed by atoms with Gasteiger partial charge in [-0.1, -0.05) is 0 Å². The highest BCUT2D eigenvalue weighted by Crippen LogP contribution is 2.41. The van der Waals surface area contributed by atoms with Crippen molar-refractivity contribution in [2.75, 3.05) is 0 Å². The molecule has 0 bridgehead atoms. The maximum Gasteiger partial charge on any atom is 0.155 e. The van der Waals surface area contributed by atoms with E-state index >= 15 is 0 Å². The van der Waals surface area contributed by atoms with Crippen molar-refractivity contribution in [2.45, 2.75) is 38.9 Å². The average Bonchev–Trinajstić information content (AvgIpc) is 2.87. The third-order valence-electron chi connectivity index (χ3n) is 3.39. The van der Waals surface area contributed by atoms with E-state index in [0.29, 0.717) is 23.0 Å². The molecule has 0 aliphatic rings. The Balaban J connectivity index is 2.45. The van der Waals surface area contributed by atoms with Crippen LogP contribution in [0.15, 0.2) is 33.1 Å². The molecule has 2 N–H and O–H groups in total. The maximum atomic E-state index is 10.6. The minimum Gasteiger partial charge on any atom is -0.463 e. The van der Waals surface area contributed by atoms with Crippen LogP contribution >= 0.6 is 0 Å². The topological polar surface area (TPSA) is 66.7 Å². The molecule has 4 nitrogen and oxygen atoms in total. The van der Waals surface area contributed by atoms with Crippen LogP contribution in [0.5, 0.6) is 0 Å². The minimum atomic E-state index is -1.58. The first-order valence-corrected chi connectivity index (χ1v) is 5.84. The number of furan rings is 2. The van der Waals surface area contributed by atoms with E-state index < -0.39 is 11.2 Å². The second-order valence-corrected chi connectivity index (χ2v) is 4.97. The summed E-state index contributed by atoms with van der Waals surface area (Å²) in [6.07, 6.45) is 0. The summed E-state index contributed by atoms with van der Waals surface area (Å²) < 4.78 is 10.8. The van der Waals surface area contributed by atoms with Gasteiger partial charge in [-0.05, 0) is 52.0 Å². The Morgan fingerprint density at radius 1 is 0.778 bits per heavy atom. The van der Waals surface area contributed by atoms with Gasteiger partial charge in [0.2, 0.25) is 0 Å². The molecule has 98 valence electrons. The quantitative estimate of drug-likeness (QED) is 0.878. The molecule has 0 aromatic carbocycles. The van der Waals surface area contributed by atoms with E-state index in [1.807, 2.05) is 0 Å². The Hall–Kier alpha value is -1.52. The highest BCUT2D eigenvalue weighted by atomic mass is 16.4. The lowest BCUT2D eigenvalue weighted by Gasteiger charge is -2.35. The van der Waals surface area contributed by atoms with Crippen LogP contribution in [0.2, 0.25) is 0 Å². The molecule has 2 aromatic rings. The standard InChI is InChI=1S/C14H18O4/c1-9-5-7-11(17-9)13(3,15)14(4,16)12-8-6-10(2)18-12/h5-8,15-16H,1-4H3. The Kier molecular flexibility index (Phi) is 2.87. The molecule has 0 amide bonds. The second-order valence-electron chi connectivity index (χ2n) is 4.97. The first-order valence-electron chi connectivity index (χ1n) is 5.84. The first kappa shape index (κ1) is 12.9. The monoisotopic (exact) mass is 250 g/mol. The molecule has 2 rings (SSSR count). The fraction of sp³-hybridized carbons (Fsp3) is 0.429. The molecule has 2 atom stereocenters. The summed E-state index contributed by atoms with van der Waals surface area (Å²) in [5.41, 5.74) is -3.16. The highest BCUT2D eigenvalue weighted by Gasteiger charge is 2.49. The number of aliphatic hydroxyl groups is 2. The Morgan fingerprint density at radius 2 is 1.11 bits per heavy atom. The van der Waals surface area contributed by atoms with Crippen LogP contribution in [-0.4, -0.2) is 10.2 Å². The molecule has 0 saturated carbocycles. The number of aryl methyl sites for hydroxylation is 2. The summed E-state index contributed by atoms with van der Waals surface area (Å²) in [7, 11) is 0. The Labute approximate surface area is 106 Å². The van der Waals surface area contributed by atoms with Gasteiger partial charge in [0.15, 0.2) is 11.2 Å². The van der Waals surface area contributed by atoms with Crippen molar-refractivity contribution in [3.05, 3.63) is 47.3 Å². The third kappa shape index (κ3) is 1.87. The van der Waals surface area contributed by atoms with Crippen molar-refractivity contribution in [3.63, 3.8) is 0 Å². The molecule has 0 aliphatic heterocycles. The molecule has 2 heterocycles. The molecule has 0 spiro atoms. The molecule has 18 heavy (non-hydrogen) atoms. The zero-order chi connectivity index (χ0) is 13.6. The summed E-state index contributed by atoms with van der Waals surface area (Å²) in [5, 5.41) is 21.2. The van der Waals surface area contributed by atoms with Crippen LogP contribution in [0.3, 0.4) is 0 Å². The molecule has 0 aliphatic carbocycles. The normalized spacial score (nSPS) is 18.3. The molecule has 0 saturated heterocycles. The zero-order valence-corrected chi connectivity index (χ0v) is 11.0. The first-order chi connectivity index (χ1) is 8.25. The molecule has 4 heteroatoms. The van der Waals surface area contributed by atoms with Gasteiger partial charge in [0.1, 0.15) is 23.0 Å². The zero-order valence-electron chi connectivity index (χ0n) is 11.0. The van der Waals surface area contributed by atoms with Crippen LogP contribution in [0.4, 0.5) is 0 Å². The SMILES string of the molecule is Cc1ccc(C(C)(O)C(C)(O)c2ccc(C)o2)o1. The van der Waals surface area contributed by atoms with Gasteiger partial charge in [-0.15, -0.1) is 0 Å². The van der Waals surface area contributed by atoms with Gasteiger partial charge in [-0.2, -0.15) is 0 Å². The van der Waals surface area contributed by atoms with Crippen LogP contribution in [0, 0.1) is 13.8 Å². The van der Waals surface area contributed by atoms with Gasteiger partial charge in [-0.3, -0.25) is 0 Å². The van der Waals surface area contributed by atoms with Crippen LogP contribution in [0.25, 0.3) is 0 Å². The summed E-state index contributed by atoms with van der Waals surface area (Å²) in [6.45, 7) is 6.57. The van der Waals surface area contributed by atoms with Crippen molar-refractivity contribution in [1.82, 2.24) is 0 Å². The van der Waals surface area contributed by atoms with E-state index in [1.54, 1.807) is 38.1 Å².